The van der Waals surface area contributed by atoms with Gasteiger partial charge >= 0.3 is 0 Å². The summed E-state index contributed by atoms with van der Waals surface area (Å²) in [6, 6.07) is 26.2. The second kappa shape index (κ2) is 11.2. The predicted octanol–water partition coefficient (Wildman–Crippen LogP) is 6.69. The number of carbonyl (C=O) groups is 1. The van der Waals surface area contributed by atoms with Crippen LogP contribution in [0.15, 0.2) is 90.0 Å². The summed E-state index contributed by atoms with van der Waals surface area (Å²) in [7, 11) is 0. The number of aromatic nitrogens is 2. The predicted molar refractivity (Wildman–Crippen MR) is 155 cm³/mol. The number of nitrogens with zero attached hydrogens (tertiary/aromatic N) is 3. The van der Waals surface area contributed by atoms with Gasteiger partial charge in [0, 0.05) is 23.9 Å². The number of carbonyl (C=O) groups excluding carboxylic acids is 1. The van der Waals surface area contributed by atoms with Crippen molar-refractivity contribution in [2.75, 3.05) is 13.2 Å². The van der Waals surface area contributed by atoms with Gasteiger partial charge in [0.05, 0.1) is 17.2 Å². The molecule has 4 aromatic rings. The molecule has 1 amide bonds. The Morgan fingerprint density at radius 3 is 2.46 bits per heavy atom. The minimum atomic E-state index is -0.0628. The van der Waals surface area contributed by atoms with Crippen LogP contribution in [0.1, 0.15) is 23.6 Å². The van der Waals surface area contributed by atoms with E-state index in [0.29, 0.717) is 22.4 Å². The third-order valence-corrected chi connectivity index (χ3v) is 7.52. The highest BCUT2D eigenvalue weighted by Crippen LogP contribution is 2.35. The van der Waals surface area contributed by atoms with Crippen LogP contribution in [0, 0.1) is 6.92 Å². The van der Waals surface area contributed by atoms with Crippen molar-refractivity contribution in [1.82, 2.24) is 14.7 Å². The Labute approximate surface area is 226 Å². The first-order valence-electron chi connectivity index (χ1n) is 12.2. The lowest BCUT2D eigenvalue weighted by atomic mass is 10.0. The van der Waals surface area contributed by atoms with E-state index in [9.17, 15) is 4.79 Å². The van der Waals surface area contributed by atoms with Gasteiger partial charge in [-0.2, -0.15) is 5.10 Å². The molecule has 186 valence electrons. The molecule has 7 heteroatoms. The number of hydrogen-bond acceptors (Lipinski definition) is 5. The molecule has 0 atom stereocenters. The Morgan fingerprint density at radius 2 is 1.76 bits per heavy atom. The molecule has 1 fully saturated rings. The Bertz CT molecular complexity index is 1460. The Hall–Kier alpha value is -3.68. The number of rotatable bonds is 8. The topological polar surface area (TPSA) is 47.4 Å². The maximum Gasteiger partial charge on any atom is 0.266 e. The normalized spacial score (nSPS) is 14.5. The fourth-order valence-corrected chi connectivity index (χ4v) is 5.56. The molecular formula is C30H27N3O2S2. The number of para-hydroxylation sites is 1. The summed E-state index contributed by atoms with van der Waals surface area (Å²) in [5.74, 6) is 0.793. The molecule has 1 saturated heterocycles. The van der Waals surface area contributed by atoms with Gasteiger partial charge in [-0.25, -0.2) is 4.68 Å². The van der Waals surface area contributed by atoms with E-state index in [0.717, 1.165) is 40.2 Å². The lowest BCUT2D eigenvalue weighted by molar-refractivity contribution is -0.122. The third kappa shape index (κ3) is 5.53. The number of ether oxygens (including phenoxy) is 1. The quantitative estimate of drug-likeness (QED) is 0.189. The van der Waals surface area contributed by atoms with Gasteiger partial charge in [-0.15, -0.1) is 0 Å². The van der Waals surface area contributed by atoms with E-state index in [2.05, 4.69) is 18.2 Å². The van der Waals surface area contributed by atoms with Crippen molar-refractivity contribution in [3.63, 3.8) is 0 Å². The Morgan fingerprint density at radius 1 is 1.03 bits per heavy atom. The lowest BCUT2D eigenvalue weighted by Crippen LogP contribution is -2.30. The van der Waals surface area contributed by atoms with E-state index >= 15 is 0 Å². The van der Waals surface area contributed by atoms with Crippen molar-refractivity contribution in [3.05, 3.63) is 107 Å². The summed E-state index contributed by atoms with van der Waals surface area (Å²) in [6.45, 7) is 5.17. The Kier molecular flexibility index (Phi) is 7.53. The highest BCUT2D eigenvalue weighted by Gasteiger charge is 2.32. The van der Waals surface area contributed by atoms with Gasteiger partial charge in [0.25, 0.3) is 5.91 Å². The molecular weight excluding hydrogens is 498 g/mol. The first-order valence-corrected chi connectivity index (χ1v) is 13.4. The molecule has 2 heterocycles. The molecule has 0 saturated carbocycles. The molecule has 1 aromatic heterocycles. The van der Waals surface area contributed by atoms with E-state index < -0.39 is 0 Å². The summed E-state index contributed by atoms with van der Waals surface area (Å²) >= 11 is 6.93. The minimum Gasteiger partial charge on any atom is -0.494 e. The van der Waals surface area contributed by atoms with E-state index in [4.69, 9.17) is 22.1 Å². The van der Waals surface area contributed by atoms with Crippen molar-refractivity contribution in [2.45, 2.75) is 20.3 Å². The van der Waals surface area contributed by atoms with Crippen LogP contribution in [0.25, 0.3) is 23.0 Å². The molecule has 37 heavy (non-hydrogen) atoms. The maximum absolute atomic E-state index is 13.3. The molecule has 0 radical (unpaired) electrons. The number of thioether (sulfide) groups is 1. The molecule has 1 aliphatic heterocycles. The second-order valence-electron chi connectivity index (χ2n) is 8.70. The molecule has 0 N–H and O–H groups in total. The standard InChI is InChI=1S/C30H27N3O2S2/c1-3-35-26-15-14-23(18-21(26)2)28-24(20-33(31-28)25-12-8-5-9-13-25)19-27-29(34)32(30(36)37-27)17-16-22-10-6-4-7-11-22/h4-15,18-20H,3,16-17H2,1-2H3. The van der Waals surface area contributed by atoms with Crippen molar-refractivity contribution in [1.29, 1.82) is 0 Å². The van der Waals surface area contributed by atoms with Crippen LogP contribution in [0.2, 0.25) is 0 Å². The highest BCUT2D eigenvalue weighted by atomic mass is 32.2. The summed E-state index contributed by atoms with van der Waals surface area (Å²) in [4.78, 5) is 15.6. The third-order valence-electron chi connectivity index (χ3n) is 6.14. The van der Waals surface area contributed by atoms with Crippen LogP contribution >= 0.6 is 24.0 Å². The summed E-state index contributed by atoms with van der Waals surface area (Å²) in [5, 5.41) is 4.91. The molecule has 0 bridgehead atoms. The number of aryl methyl sites for hydroxylation is 1. The zero-order valence-corrected chi connectivity index (χ0v) is 22.4. The van der Waals surface area contributed by atoms with Crippen molar-refractivity contribution in [3.8, 4) is 22.7 Å². The van der Waals surface area contributed by atoms with Crippen molar-refractivity contribution >= 4 is 40.3 Å². The number of benzene rings is 3. The zero-order valence-electron chi connectivity index (χ0n) is 20.8. The number of amides is 1. The van der Waals surface area contributed by atoms with E-state index in [1.165, 1.54) is 17.3 Å². The SMILES string of the molecule is CCOc1ccc(-c2nn(-c3ccccc3)cc2C=C2SC(=S)N(CCc3ccccc3)C2=O)cc1C. The first kappa shape index (κ1) is 25.0. The smallest absolute Gasteiger partial charge is 0.266 e. The van der Waals surface area contributed by atoms with E-state index in [1.54, 1.807) is 4.90 Å². The van der Waals surface area contributed by atoms with Crippen LogP contribution in [0.5, 0.6) is 5.75 Å². The highest BCUT2D eigenvalue weighted by molar-refractivity contribution is 8.26. The minimum absolute atomic E-state index is 0.0628. The fourth-order valence-electron chi connectivity index (χ4n) is 4.26. The molecule has 5 nitrogen and oxygen atoms in total. The first-order chi connectivity index (χ1) is 18.0. The van der Waals surface area contributed by atoms with Crippen molar-refractivity contribution < 1.29 is 9.53 Å². The zero-order chi connectivity index (χ0) is 25.8. The van der Waals surface area contributed by atoms with Gasteiger partial charge in [0.2, 0.25) is 0 Å². The van der Waals surface area contributed by atoms with Gasteiger partial charge in [-0.05, 0) is 67.8 Å². The molecule has 3 aromatic carbocycles. The Balaban J connectivity index is 1.48. The largest absolute Gasteiger partial charge is 0.494 e. The van der Waals surface area contributed by atoms with Crippen LogP contribution in [-0.4, -0.2) is 38.1 Å². The fraction of sp³-hybridized carbons (Fsp3) is 0.167. The number of thiocarbonyl (C=S) groups is 1. The van der Waals surface area contributed by atoms with Crippen LogP contribution < -0.4 is 4.74 Å². The van der Waals surface area contributed by atoms with Gasteiger partial charge in [0.15, 0.2) is 0 Å². The van der Waals surface area contributed by atoms with Crippen molar-refractivity contribution in [2.24, 2.45) is 0 Å². The molecule has 0 spiro atoms. The summed E-state index contributed by atoms with van der Waals surface area (Å²) < 4.78 is 8.16. The second-order valence-corrected chi connectivity index (χ2v) is 10.4. The van der Waals surface area contributed by atoms with Gasteiger partial charge in [-0.3, -0.25) is 9.69 Å². The summed E-state index contributed by atoms with van der Waals surface area (Å²) in [5.41, 5.74) is 5.77. The van der Waals surface area contributed by atoms with Gasteiger partial charge in [0.1, 0.15) is 15.8 Å². The van der Waals surface area contributed by atoms with Crippen LogP contribution in [0.4, 0.5) is 0 Å². The van der Waals surface area contributed by atoms with E-state index in [-0.39, 0.29) is 5.91 Å². The van der Waals surface area contributed by atoms with Gasteiger partial charge in [-0.1, -0.05) is 72.5 Å². The monoisotopic (exact) mass is 525 g/mol. The van der Waals surface area contributed by atoms with Crippen LogP contribution in [-0.2, 0) is 11.2 Å². The molecule has 0 unspecified atom stereocenters. The summed E-state index contributed by atoms with van der Waals surface area (Å²) in [6.07, 6.45) is 4.63. The lowest BCUT2D eigenvalue weighted by Gasteiger charge is -2.14. The molecule has 0 aliphatic carbocycles. The van der Waals surface area contributed by atoms with Gasteiger partial charge < -0.3 is 4.74 Å². The van der Waals surface area contributed by atoms with E-state index in [1.807, 2.05) is 91.5 Å². The van der Waals surface area contributed by atoms with Crippen LogP contribution in [0.3, 0.4) is 0 Å². The molecule has 1 aliphatic rings. The number of hydrogen-bond donors (Lipinski definition) is 0. The molecule has 5 rings (SSSR count). The average Bonchev–Trinajstić information content (AvgIpc) is 3.45. The average molecular weight is 526 g/mol. The maximum atomic E-state index is 13.3.